The van der Waals surface area contributed by atoms with Gasteiger partial charge in [0.1, 0.15) is 5.01 Å². The van der Waals surface area contributed by atoms with Gasteiger partial charge in [0.2, 0.25) is 0 Å². The molecule has 4 rings (SSSR count). The molecule has 21 heavy (non-hydrogen) atoms. The Labute approximate surface area is 128 Å². The van der Waals surface area contributed by atoms with Crippen molar-refractivity contribution in [3.05, 3.63) is 59.0 Å². The van der Waals surface area contributed by atoms with E-state index in [2.05, 4.69) is 43.3 Å². The van der Waals surface area contributed by atoms with Gasteiger partial charge in [0.15, 0.2) is 0 Å². The third-order valence-corrected chi connectivity index (χ3v) is 5.22. The lowest BCUT2D eigenvalue weighted by atomic mass is 9.86. The zero-order valence-electron chi connectivity index (χ0n) is 11.8. The Hall–Kier alpha value is -2.13. The molecule has 1 atom stereocenters. The van der Waals surface area contributed by atoms with Gasteiger partial charge >= 0.3 is 0 Å². The van der Waals surface area contributed by atoms with Gasteiger partial charge in [0, 0.05) is 21.7 Å². The molecule has 1 heterocycles. The first-order chi connectivity index (χ1) is 10.2. The number of fused-ring (bicyclic) bond motifs is 3. The minimum absolute atomic E-state index is 0.563. The van der Waals surface area contributed by atoms with Crippen LogP contribution in [0.4, 0.5) is 5.69 Å². The molecule has 2 aromatic carbocycles. The van der Waals surface area contributed by atoms with Crippen molar-refractivity contribution in [1.82, 2.24) is 4.98 Å². The number of hydrogen-bond acceptors (Lipinski definition) is 3. The molecule has 0 bridgehead atoms. The lowest BCUT2D eigenvalue weighted by Gasteiger charge is -2.21. The fourth-order valence-corrected chi connectivity index (χ4v) is 4.19. The number of hydrogen-bond donors (Lipinski definition) is 1. The largest absolute Gasteiger partial charge is 0.399 e. The van der Waals surface area contributed by atoms with Crippen LogP contribution in [0.2, 0.25) is 0 Å². The van der Waals surface area contributed by atoms with E-state index in [1.54, 1.807) is 0 Å². The molecule has 2 nitrogen and oxygen atoms in total. The number of nitrogen functional groups attached to an aromatic ring is 1. The van der Waals surface area contributed by atoms with E-state index in [9.17, 15) is 0 Å². The first-order valence-electron chi connectivity index (χ1n) is 7.17. The van der Waals surface area contributed by atoms with E-state index in [-0.39, 0.29) is 0 Å². The maximum absolute atomic E-state index is 5.77. The number of rotatable bonds is 1. The Morgan fingerprint density at radius 3 is 2.67 bits per heavy atom. The maximum atomic E-state index is 5.77. The Morgan fingerprint density at radius 2 is 1.86 bits per heavy atom. The molecule has 1 unspecified atom stereocenters. The Kier molecular flexibility index (Phi) is 2.82. The second-order valence-corrected chi connectivity index (χ2v) is 6.69. The predicted molar refractivity (Wildman–Crippen MR) is 89.5 cm³/mol. The molecule has 0 amide bonds. The van der Waals surface area contributed by atoms with Gasteiger partial charge in [-0.1, -0.05) is 31.2 Å². The molecule has 0 fully saturated rings. The molecule has 3 aromatic rings. The molecule has 0 spiro atoms. The van der Waals surface area contributed by atoms with E-state index in [1.807, 2.05) is 23.5 Å². The van der Waals surface area contributed by atoms with Crippen molar-refractivity contribution in [1.29, 1.82) is 0 Å². The molecule has 0 saturated heterocycles. The molecule has 0 radical (unpaired) electrons. The summed E-state index contributed by atoms with van der Waals surface area (Å²) in [5.41, 5.74) is 11.6. The second kappa shape index (κ2) is 4.71. The van der Waals surface area contributed by atoms with Gasteiger partial charge in [-0.05, 0) is 42.2 Å². The van der Waals surface area contributed by atoms with Gasteiger partial charge in [-0.2, -0.15) is 0 Å². The van der Waals surface area contributed by atoms with Crippen LogP contribution >= 0.6 is 11.3 Å². The monoisotopic (exact) mass is 292 g/mol. The lowest BCUT2D eigenvalue weighted by Crippen LogP contribution is -2.06. The Balaban J connectivity index is 1.86. The third-order valence-electron chi connectivity index (χ3n) is 4.09. The summed E-state index contributed by atoms with van der Waals surface area (Å²) in [5.74, 6) is 0.563. The number of thiazole rings is 1. The summed E-state index contributed by atoms with van der Waals surface area (Å²) in [7, 11) is 0. The number of nitrogens with two attached hydrogens (primary N) is 1. The standard InChI is InChI=1S/C18H16N2S/c1-11-10-16-17(15-5-3-2-4-14(11)15)20-18(21-16)12-6-8-13(19)9-7-12/h2-9,11H,10,19H2,1H3. The molecule has 1 aromatic heterocycles. The van der Waals surface area contributed by atoms with Crippen LogP contribution in [0.15, 0.2) is 48.5 Å². The van der Waals surface area contributed by atoms with Gasteiger partial charge in [0.05, 0.1) is 5.69 Å². The van der Waals surface area contributed by atoms with Gasteiger partial charge < -0.3 is 5.73 Å². The van der Waals surface area contributed by atoms with E-state index >= 15 is 0 Å². The van der Waals surface area contributed by atoms with Gasteiger partial charge in [-0.25, -0.2) is 4.98 Å². The summed E-state index contributed by atoms with van der Waals surface area (Å²) in [6.45, 7) is 2.30. The zero-order valence-corrected chi connectivity index (χ0v) is 12.7. The van der Waals surface area contributed by atoms with Crippen LogP contribution < -0.4 is 5.73 Å². The van der Waals surface area contributed by atoms with Crippen molar-refractivity contribution in [2.75, 3.05) is 5.73 Å². The van der Waals surface area contributed by atoms with Crippen molar-refractivity contribution in [3.8, 4) is 21.8 Å². The minimum Gasteiger partial charge on any atom is -0.399 e. The average Bonchev–Trinajstić information content (AvgIpc) is 2.92. The van der Waals surface area contributed by atoms with Crippen molar-refractivity contribution in [3.63, 3.8) is 0 Å². The number of aromatic nitrogens is 1. The molecule has 104 valence electrons. The van der Waals surface area contributed by atoms with Crippen LogP contribution in [0.25, 0.3) is 21.8 Å². The first kappa shape index (κ1) is 12.6. The summed E-state index contributed by atoms with van der Waals surface area (Å²) < 4.78 is 0. The topological polar surface area (TPSA) is 38.9 Å². The zero-order chi connectivity index (χ0) is 14.4. The van der Waals surface area contributed by atoms with Crippen molar-refractivity contribution >= 4 is 17.0 Å². The summed E-state index contributed by atoms with van der Waals surface area (Å²) in [4.78, 5) is 6.30. The van der Waals surface area contributed by atoms with E-state index < -0.39 is 0 Å². The highest BCUT2D eigenvalue weighted by Crippen LogP contribution is 2.43. The number of benzene rings is 2. The second-order valence-electron chi connectivity index (χ2n) is 5.61. The Bertz CT molecular complexity index is 802. The SMILES string of the molecule is CC1Cc2sc(-c3ccc(N)cc3)nc2-c2ccccc21. The van der Waals surface area contributed by atoms with E-state index in [4.69, 9.17) is 10.7 Å². The number of anilines is 1. The van der Waals surface area contributed by atoms with Gasteiger partial charge in [0.25, 0.3) is 0 Å². The molecule has 3 heteroatoms. The Morgan fingerprint density at radius 1 is 1.10 bits per heavy atom. The van der Waals surface area contributed by atoms with Crippen LogP contribution in [0.1, 0.15) is 23.3 Å². The molecule has 2 N–H and O–H groups in total. The van der Waals surface area contributed by atoms with Gasteiger partial charge in [-0.3, -0.25) is 0 Å². The summed E-state index contributed by atoms with van der Waals surface area (Å²) in [6, 6.07) is 16.6. The fourth-order valence-electron chi connectivity index (χ4n) is 2.98. The van der Waals surface area contributed by atoms with Crippen LogP contribution in [0.5, 0.6) is 0 Å². The van der Waals surface area contributed by atoms with Crippen molar-refractivity contribution in [2.24, 2.45) is 0 Å². The maximum Gasteiger partial charge on any atom is 0.124 e. The van der Waals surface area contributed by atoms with Gasteiger partial charge in [-0.15, -0.1) is 11.3 Å². The third kappa shape index (κ3) is 2.05. The van der Waals surface area contributed by atoms with E-state index in [0.29, 0.717) is 5.92 Å². The van der Waals surface area contributed by atoms with Crippen molar-refractivity contribution < 1.29 is 0 Å². The van der Waals surface area contributed by atoms with Crippen LogP contribution in [-0.4, -0.2) is 4.98 Å². The summed E-state index contributed by atoms with van der Waals surface area (Å²) >= 11 is 1.81. The summed E-state index contributed by atoms with van der Waals surface area (Å²) in [5, 5.41) is 1.09. The van der Waals surface area contributed by atoms with E-state index in [1.165, 1.54) is 21.7 Å². The normalized spacial score (nSPS) is 16.3. The van der Waals surface area contributed by atoms with Crippen LogP contribution in [0.3, 0.4) is 0 Å². The molecule has 0 aliphatic heterocycles. The molecular formula is C18H16N2S. The van der Waals surface area contributed by atoms with E-state index in [0.717, 1.165) is 22.7 Å². The molecule has 1 aliphatic rings. The van der Waals surface area contributed by atoms with Crippen LogP contribution in [0, 0.1) is 0 Å². The predicted octanol–water partition coefficient (Wildman–Crippen LogP) is 4.72. The quantitative estimate of drug-likeness (QED) is 0.659. The summed E-state index contributed by atoms with van der Waals surface area (Å²) in [6.07, 6.45) is 1.08. The highest BCUT2D eigenvalue weighted by molar-refractivity contribution is 7.15. The van der Waals surface area contributed by atoms with Crippen LogP contribution in [-0.2, 0) is 6.42 Å². The highest BCUT2D eigenvalue weighted by atomic mass is 32.1. The highest BCUT2D eigenvalue weighted by Gasteiger charge is 2.25. The van der Waals surface area contributed by atoms with Crippen molar-refractivity contribution in [2.45, 2.75) is 19.3 Å². The first-order valence-corrected chi connectivity index (χ1v) is 7.99. The molecule has 1 aliphatic carbocycles. The molecule has 0 saturated carbocycles. The smallest absolute Gasteiger partial charge is 0.124 e. The lowest BCUT2D eigenvalue weighted by molar-refractivity contribution is 0.757. The fraction of sp³-hybridized carbons (Fsp3) is 0.167. The minimum atomic E-state index is 0.563. The average molecular weight is 292 g/mol. The molecular weight excluding hydrogens is 276 g/mol. The number of nitrogens with zero attached hydrogens (tertiary/aromatic N) is 1.